The van der Waals surface area contributed by atoms with Gasteiger partial charge in [0.05, 0.1) is 5.69 Å². The Morgan fingerprint density at radius 1 is 1.16 bits per heavy atom. The molecule has 5 nitrogen and oxygen atoms in total. The summed E-state index contributed by atoms with van der Waals surface area (Å²) in [5, 5.41) is 6.81. The molecule has 0 aliphatic heterocycles. The molecule has 6 heteroatoms. The third-order valence-corrected chi connectivity index (χ3v) is 4.66. The summed E-state index contributed by atoms with van der Waals surface area (Å²) in [6.07, 6.45) is 3.55. The molecule has 134 valence electrons. The molecule has 1 aliphatic rings. The van der Waals surface area contributed by atoms with Gasteiger partial charge in [0.25, 0.3) is 0 Å². The summed E-state index contributed by atoms with van der Waals surface area (Å²) in [7, 11) is 4.18. The van der Waals surface area contributed by atoms with E-state index in [0.29, 0.717) is 5.92 Å². The fourth-order valence-corrected chi connectivity index (χ4v) is 3.11. The number of anilines is 2. The lowest BCUT2D eigenvalue weighted by Crippen LogP contribution is -2.17. The molecule has 2 aromatic rings. The summed E-state index contributed by atoms with van der Waals surface area (Å²) in [5.74, 6) is 2.24. The second kappa shape index (κ2) is 8.63. The molecule has 0 saturated heterocycles. The number of nitrogens with zero attached hydrogens (tertiary/aromatic N) is 3. The van der Waals surface area contributed by atoms with Gasteiger partial charge in [-0.05, 0) is 57.6 Å². The Labute approximate surface area is 158 Å². The summed E-state index contributed by atoms with van der Waals surface area (Å²) < 4.78 is 1.09. The first-order valence-corrected chi connectivity index (χ1v) is 9.65. The van der Waals surface area contributed by atoms with Crippen LogP contribution in [-0.4, -0.2) is 42.1 Å². The first-order valence-electron chi connectivity index (χ1n) is 8.86. The largest absolute Gasteiger partial charge is 0.366 e. The first kappa shape index (κ1) is 18.1. The van der Waals surface area contributed by atoms with E-state index in [-0.39, 0.29) is 0 Å². The average Bonchev–Trinajstić information content (AvgIpc) is 3.42. The summed E-state index contributed by atoms with van der Waals surface area (Å²) >= 11 is 3.52. The highest BCUT2D eigenvalue weighted by Crippen LogP contribution is 2.39. The van der Waals surface area contributed by atoms with Gasteiger partial charge in [0.2, 0.25) is 5.95 Å². The first-order chi connectivity index (χ1) is 12.1. The predicted molar refractivity (Wildman–Crippen MR) is 107 cm³/mol. The Morgan fingerprint density at radius 3 is 2.72 bits per heavy atom. The minimum atomic E-state index is 0.608. The second-order valence-electron chi connectivity index (χ2n) is 6.84. The number of hydrogen-bond donors (Lipinski definition) is 2. The van der Waals surface area contributed by atoms with Crippen molar-refractivity contribution >= 4 is 27.7 Å². The molecule has 1 aliphatic carbocycles. The Bertz CT molecular complexity index is 700. The van der Waals surface area contributed by atoms with Crippen molar-refractivity contribution < 1.29 is 0 Å². The van der Waals surface area contributed by atoms with Gasteiger partial charge in [-0.1, -0.05) is 28.1 Å². The topological polar surface area (TPSA) is 53.1 Å². The van der Waals surface area contributed by atoms with Crippen LogP contribution in [0.4, 0.5) is 11.8 Å². The molecule has 0 bridgehead atoms. The van der Waals surface area contributed by atoms with E-state index in [1.165, 1.54) is 18.4 Å². The van der Waals surface area contributed by atoms with Crippen LogP contribution in [0.2, 0.25) is 0 Å². The van der Waals surface area contributed by atoms with Crippen molar-refractivity contribution in [1.29, 1.82) is 0 Å². The molecule has 25 heavy (non-hydrogen) atoms. The van der Waals surface area contributed by atoms with Crippen molar-refractivity contribution in [1.82, 2.24) is 14.9 Å². The molecule has 2 N–H and O–H groups in total. The van der Waals surface area contributed by atoms with E-state index in [1.54, 1.807) is 0 Å². The van der Waals surface area contributed by atoms with Crippen molar-refractivity contribution in [3.8, 4) is 0 Å². The molecule has 0 spiro atoms. The highest BCUT2D eigenvalue weighted by molar-refractivity contribution is 9.10. The highest BCUT2D eigenvalue weighted by Gasteiger charge is 2.26. The Balaban J connectivity index is 1.63. The Hall–Kier alpha value is -1.66. The maximum atomic E-state index is 4.70. The van der Waals surface area contributed by atoms with E-state index in [2.05, 4.69) is 74.8 Å². The predicted octanol–water partition coefficient (Wildman–Crippen LogP) is 4.09. The highest BCUT2D eigenvalue weighted by atomic mass is 79.9. The van der Waals surface area contributed by atoms with Gasteiger partial charge in [-0.2, -0.15) is 4.98 Å². The maximum absolute atomic E-state index is 4.70. The number of nitrogens with one attached hydrogen (secondary N) is 2. The second-order valence-corrected chi connectivity index (χ2v) is 7.76. The van der Waals surface area contributed by atoms with Crippen molar-refractivity contribution in [2.75, 3.05) is 37.8 Å². The number of benzene rings is 1. The molecular weight excluding hydrogens is 378 g/mol. The van der Waals surface area contributed by atoms with Crippen LogP contribution in [0.25, 0.3) is 0 Å². The molecule has 1 aromatic heterocycles. The van der Waals surface area contributed by atoms with Gasteiger partial charge in [-0.25, -0.2) is 4.98 Å². The smallest absolute Gasteiger partial charge is 0.224 e. The third kappa shape index (κ3) is 5.97. The molecular formula is C19H26BrN5. The fourth-order valence-electron chi connectivity index (χ4n) is 2.66. The standard InChI is InChI=1S/C19H26BrN5/c1-25(2)10-4-9-21-19-23-17(15-7-8-15)12-18(24-19)22-13-14-5-3-6-16(20)11-14/h3,5-6,11-12,15H,4,7-10,13H2,1-2H3,(H2,21,22,23,24). The van der Waals surface area contributed by atoms with E-state index >= 15 is 0 Å². The lowest BCUT2D eigenvalue weighted by atomic mass is 10.2. The van der Waals surface area contributed by atoms with Gasteiger partial charge in [0, 0.05) is 29.5 Å². The molecule has 1 saturated carbocycles. The van der Waals surface area contributed by atoms with Gasteiger partial charge in [-0.3, -0.25) is 0 Å². The quantitative estimate of drug-likeness (QED) is 0.617. The zero-order chi connectivity index (χ0) is 17.6. The van der Waals surface area contributed by atoms with Crippen LogP contribution in [0.3, 0.4) is 0 Å². The molecule has 0 atom stereocenters. The van der Waals surface area contributed by atoms with Crippen LogP contribution in [0.5, 0.6) is 0 Å². The van der Waals surface area contributed by atoms with Gasteiger partial charge in [0.1, 0.15) is 5.82 Å². The minimum Gasteiger partial charge on any atom is -0.366 e. The Kier molecular flexibility index (Phi) is 6.26. The zero-order valence-corrected chi connectivity index (χ0v) is 16.5. The lowest BCUT2D eigenvalue weighted by molar-refractivity contribution is 0.405. The van der Waals surface area contributed by atoms with E-state index in [9.17, 15) is 0 Å². The molecule has 0 unspecified atom stereocenters. The van der Waals surface area contributed by atoms with E-state index in [0.717, 1.165) is 48.0 Å². The Morgan fingerprint density at radius 2 is 2.00 bits per heavy atom. The summed E-state index contributed by atoms with van der Waals surface area (Å²) in [6, 6.07) is 10.4. The van der Waals surface area contributed by atoms with Gasteiger partial charge < -0.3 is 15.5 Å². The van der Waals surface area contributed by atoms with Crippen molar-refractivity contribution in [2.24, 2.45) is 0 Å². The normalized spacial score (nSPS) is 13.9. The van der Waals surface area contributed by atoms with Crippen LogP contribution in [0.1, 0.15) is 36.4 Å². The molecule has 1 fully saturated rings. The van der Waals surface area contributed by atoms with Crippen molar-refractivity contribution in [2.45, 2.75) is 31.7 Å². The summed E-state index contributed by atoms with van der Waals surface area (Å²) in [4.78, 5) is 11.5. The molecule has 1 aromatic carbocycles. The van der Waals surface area contributed by atoms with Crippen LogP contribution in [0, 0.1) is 0 Å². The number of hydrogen-bond acceptors (Lipinski definition) is 5. The number of aromatic nitrogens is 2. The maximum Gasteiger partial charge on any atom is 0.224 e. The molecule has 1 heterocycles. The molecule has 0 amide bonds. The van der Waals surface area contributed by atoms with Crippen molar-refractivity contribution in [3.63, 3.8) is 0 Å². The zero-order valence-electron chi connectivity index (χ0n) is 14.9. The van der Waals surface area contributed by atoms with E-state index < -0.39 is 0 Å². The van der Waals surface area contributed by atoms with Gasteiger partial charge in [-0.15, -0.1) is 0 Å². The minimum absolute atomic E-state index is 0.608. The van der Waals surface area contributed by atoms with Crippen LogP contribution in [-0.2, 0) is 6.54 Å². The summed E-state index contributed by atoms with van der Waals surface area (Å²) in [6.45, 7) is 2.70. The third-order valence-electron chi connectivity index (χ3n) is 4.17. The van der Waals surface area contributed by atoms with Crippen LogP contribution in [0.15, 0.2) is 34.8 Å². The number of halogens is 1. The fraction of sp³-hybridized carbons (Fsp3) is 0.474. The van der Waals surface area contributed by atoms with Crippen LogP contribution < -0.4 is 10.6 Å². The van der Waals surface area contributed by atoms with Crippen molar-refractivity contribution in [3.05, 3.63) is 46.1 Å². The lowest BCUT2D eigenvalue weighted by Gasteiger charge is -2.12. The summed E-state index contributed by atoms with van der Waals surface area (Å²) in [5.41, 5.74) is 2.38. The van der Waals surface area contributed by atoms with Crippen LogP contribution >= 0.6 is 15.9 Å². The SMILES string of the molecule is CN(C)CCCNc1nc(NCc2cccc(Br)c2)cc(C2CC2)n1. The monoisotopic (exact) mass is 403 g/mol. The molecule has 3 rings (SSSR count). The van der Waals surface area contributed by atoms with Gasteiger partial charge in [0.15, 0.2) is 0 Å². The van der Waals surface area contributed by atoms with Gasteiger partial charge >= 0.3 is 0 Å². The van der Waals surface area contributed by atoms with E-state index in [4.69, 9.17) is 4.98 Å². The average molecular weight is 404 g/mol. The number of rotatable bonds is 9. The molecule has 0 radical (unpaired) electrons. The van der Waals surface area contributed by atoms with E-state index in [1.807, 2.05) is 6.07 Å².